The third kappa shape index (κ3) is 1.47. The molecule has 0 aromatic rings. The van der Waals surface area contributed by atoms with Gasteiger partial charge in [-0.05, 0) is 18.5 Å². The second-order valence-corrected chi connectivity index (χ2v) is 6.59. The van der Waals surface area contributed by atoms with E-state index in [1.807, 2.05) is 5.80 Å². The third-order valence-electron chi connectivity index (χ3n) is 2.96. The molecule has 1 fully saturated rings. The molecule has 0 N–H and O–H groups in total. The zero-order chi connectivity index (χ0) is 8.48. The average molecular weight is 168 g/mol. The summed E-state index contributed by atoms with van der Waals surface area (Å²) in [5, 5.41) is 8.96. The summed E-state index contributed by atoms with van der Waals surface area (Å²) in [6.07, 6.45) is 2.56. The van der Waals surface area contributed by atoms with Gasteiger partial charge in [0.2, 0.25) is 0 Å². The van der Waals surface area contributed by atoms with Gasteiger partial charge >= 0.3 is 0 Å². The lowest BCUT2D eigenvalue weighted by molar-refractivity contribution is 0.475. The van der Waals surface area contributed by atoms with Gasteiger partial charge < -0.3 is 0 Å². The van der Waals surface area contributed by atoms with E-state index in [2.05, 4.69) is 26.8 Å². The van der Waals surface area contributed by atoms with E-state index in [0.29, 0.717) is 5.16 Å². The molecule has 1 aliphatic rings. The molecule has 0 aromatic carbocycles. The molecule has 0 spiro atoms. The summed E-state index contributed by atoms with van der Waals surface area (Å²) < 4.78 is 0. The Morgan fingerprint density at radius 3 is 2.64 bits per heavy atom. The Labute approximate surface area is 69.8 Å². The van der Waals surface area contributed by atoms with E-state index in [9.17, 15) is 0 Å². The standard InChI is InChI=1S/C9H15NP/c1-8-4-6-11(7-5-10)9(8,2)3/h7-8H,4,6H2,1-3H3. The van der Waals surface area contributed by atoms with E-state index in [1.54, 1.807) is 0 Å². The van der Waals surface area contributed by atoms with Gasteiger partial charge in [0, 0.05) is 11.0 Å². The number of hydrogen-bond donors (Lipinski definition) is 0. The lowest BCUT2D eigenvalue weighted by Crippen LogP contribution is -2.19. The fourth-order valence-corrected chi connectivity index (χ4v) is 4.10. The van der Waals surface area contributed by atoms with Crippen molar-refractivity contribution in [3.63, 3.8) is 0 Å². The van der Waals surface area contributed by atoms with Crippen LogP contribution in [0.3, 0.4) is 0 Å². The molecule has 0 aromatic heterocycles. The first kappa shape index (κ1) is 8.75. The topological polar surface area (TPSA) is 23.8 Å². The Morgan fingerprint density at radius 1 is 1.64 bits per heavy atom. The van der Waals surface area contributed by atoms with Crippen LogP contribution in [-0.4, -0.2) is 17.1 Å². The second kappa shape index (κ2) is 2.95. The normalized spacial score (nSPS) is 32.2. The predicted molar refractivity (Wildman–Crippen MR) is 51.3 cm³/mol. The minimum absolute atomic E-state index is 0.114. The van der Waals surface area contributed by atoms with Crippen molar-refractivity contribution in [2.75, 3.05) is 6.16 Å². The molecule has 2 atom stereocenters. The van der Waals surface area contributed by atoms with Crippen LogP contribution in [0.25, 0.3) is 0 Å². The maximum absolute atomic E-state index is 8.56. The van der Waals surface area contributed by atoms with Gasteiger partial charge in [-0.25, -0.2) is 0 Å². The summed E-state index contributed by atoms with van der Waals surface area (Å²) in [5.41, 5.74) is 0. The van der Waals surface area contributed by atoms with Crippen LogP contribution in [0.5, 0.6) is 0 Å². The van der Waals surface area contributed by atoms with E-state index in [-0.39, 0.29) is 7.55 Å². The van der Waals surface area contributed by atoms with Gasteiger partial charge in [-0.1, -0.05) is 20.8 Å². The van der Waals surface area contributed by atoms with Crippen LogP contribution < -0.4 is 0 Å². The van der Waals surface area contributed by atoms with Crippen molar-refractivity contribution in [1.82, 2.24) is 0 Å². The SMILES string of the molecule is CC1CC[P](=CC#N)C1(C)C. The summed E-state index contributed by atoms with van der Waals surface area (Å²) in [5.74, 6) is 2.66. The molecule has 1 saturated heterocycles. The van der Waals surface area contributed by atoms with E-state index < -0.39 is 0 Å². The molecule has 0 saturated carbocycles. The van der Waals surface area contributed by atoms with Crippen LogP contribution in [0.4, 0.5) is 0 Å². The Morgan fingerprint density at radius 2 is 2.27 bits per heavy atom. The quantitative estimate of drug-likeness (QED) is 0.510. The van der Waals surface area contributed by atoms with E-state index in [4.69, 9.17) is 5.26 Å². The van der Waals surface area contributed by atoms with Crippen molar-refractivity contribution in [3.05, 3.63) is 0 Å². The Kier molecular flexibility index (Phi) is 2.35. The minimum Gasteiger partial charge on any atom is -0.193 e. The molecule has 0 aliphatic carbocycles. The van der Waals surface area contributed by atoms with E-state index in [1.165, 1.54) is 12.6 Å². The lowest BCUT2D eigenvalue weighted by Gasteiger charge is -2.25. The highest BCUT2D eigenvalue weighted by Crippen LogP contribution is 2.52. The van der Waals surface area contributed by atoms with Crippen LogP contribution in [0.1, 0.15) is 27.2 Å². The molecular weight excluding hydrogens is 153 g/mol. The van der Waals surface area contributed by atoms with Gasteiger partial charge in [0.1, 0.15) is 0 Å². The molecule has 2 unspecified atom stereocenters. The summed E-state index contributed by atoms with van der Waals surface area (Å²) in [7, 11) is -0.114. The minimum atomic E-state index is -0.114. The number of nitriles is 1. The summed E-state index contributed by atoms with van der Waals surface area (Å²) in [6, 6.07) is 2.19. The lowest BCUT2D eigenvalue weighted by atomic mass is 9.95. The summed E-state index contributed by atoms with van der Waals surface area (Å²) in [6.45, 7) is 6.89. The van der Waals surface area contributed by atoms with Crippen molar-refractivity contribution in [3.8, 4) is 6.07 Å². The second-order valence-electron chi connectivity index (χ2n) is 3.79. The molecule has 1 rings (SSSR count). The third-order valence-corrected chi connectivity index (χ3v) is 6.05. The smallest absolute Gasteiger partial charge is 0.0952 e. The first-order valence-corrected chi connectivity index (χ1v) is 5.68. The fraction of sp³-hybridized carbons (Fsp3) is 0.778. The molecule has 2 heteroatoms. The van der Waals surface area contributed by atoms with Crippen LogP contribution in [0.2, 0.25) is 0 Å². The predicted octanol–water partition coefficient (Wildman–Crippen LogP) is 2.61. The Bertz CT molecular complexity index is 222. The van der Waals surface area contributed by atoms with Gasteiger partial charge in [0.05, 0.1) is 6.07 Å². The highest BCUT2D eigenvalue weighted by Gasteiger charge is 2.34. The van der Waals surface area contributed by atoms with Gasteiger partial charge in [-0.15, -0.1) is 7.55 Å². The van der Waals surface area contributed by atoms with Gasteiger partial charge in [0.25, 0.3) is 0 Å². The molecule has 1 heterocycles. The van der Waals surface area contributed by atoms with Crippen LogP contribution in [0.15, 0.2) is 0 Å². The largest absolute Gasteiger partial charge is 0.193 e. The molecule has 61 valence electrons. The van der Waals surface area contributed by atoms with Crippen molar-refractivity contribution in [2.24, 2.45) is 5.92 Å². The Hall–Kier alpha value is -0.340. The summed E-state index contributed by atoms with van der Waals surface area (Å²) >= 11 is 0. The zero-order valence-corrected chi connectivity index (χ0v) is 8.36. The maximum atomic E-state index is 8.56. The summed E-state index contributed by atoms with van der Waals surface area (Å²) in [4.78, 5) is 0. The molecule has 11 heavy (non-hydrogen) atoms. The van der Waals surface area contributed by atoms with Gasteiger partial charge in [-0.3, -0.25) is 0 Å². The number of hydrogen-bond acceptors (Lipinski definition) is 1. The van der Waals surface area contributed by atoms with Gasteiger partial charge in [-0.2, -0.15) is 5.26 Å². The molecule has 1 aliphatic heterocycles. The van der Waals surface area contributed by atoms with Crippen molar-refractivity contribution in [2.45, 2.75) is 32.3 Å². The number of rotatable bonds is 0. The molecule has 0 amide bonds. The molecular formula is C9H15NP. The maximum Gasteiger partial charge on any atom is 0.0952 e. The van der Waals surface area contributed by atoms with Crippen LogP contribution in [-0.2, 0) is 0 Å². The van der Waals surface area contributed by atoms with Crippen LogP contribution in [0, 0.1) is 17.2 Å². The van der Waals surface area contributed by atoms with E-state index in [0.717, 1.165) is 5.92 Å². The highest BCUT2D eigenvalue weighted by molar-refractivity contribution is 7.59. The van der Waals surface area contributed by atoms with E-state index >= 15 is 0 Å². The highest BCUT2D eigenvalue weighted by atomic mass is 31.1. The first-order chi connectivity index (χ1) is 5.09. The van der Waals surface area contributed by atoms with Crippen LogP contribution >= 0.6 is 7.55 Å². The average Bonchev–Trinajstić information content (AvgIpc) is 2.16. The Balaban J connectivity index is 2.89. The zero-order valence-electron chi connectivity index (χ0n) is 7.46. The van der Waals surface area contributed by atoms with Crippen molar-refractivity contribution >= 4 is 13.3 Å². The molecule has 1 radical (unpaired) electrons. The molecule has 1 nitrogen and oxygen atoms in total. The molecule has 0 bridgehead atoms. The van der Waals surface area contributed by atoms with Gasteiger partial charge in [0.15, 0.2) is 0 Å². The monoisotopic (exact) mass is 168 g/mol. The van der Waals surface area contributed by atoms with Crippen molar-refractivity contribution in [1.29, 1.82) is 5.26 Å². The number of nitrogens with zero attached hydrogens (tertiary/aromatic N) is 1. The fourth-order valence-electron chi connectivity index (χ4n) is 1.56. The van der Waals surface area contributed by atoms with Crippen molar-refractivity contribution < 1.29 is 0 Å². The first-order valence-electron chi connectivity index (χ1n) is 4.08.